The van der Waals surface area contributed by atoms with Crippen molar-refractivity contribution in [2.75, 3.05) is 88.8 Å². The fraction of sp³-hybridized carbons (Fsp3) is 0.636. The number of carbonyl (C=O) groups is 4. The molecule has 0 aliphatic heterocycles. The highest BCUT2D eigenvalue weighted by molar-refractivity contribution is 5.82. The Balaban J connectivity index is 1.81. The Kier molecular flexibility index (Phi) is 27.7. The SMILES string of the molecule is CCCCCCCCOCCOC(=O)CN(CC(=O)O)c1ccccc1OCCCCOc1ccccc1N(CC(=O)O)CC(=O)OCCOCCCCCCCC. The molecule has 0 saturated heterocycles. The van der Waals surface area contributed by atoms with Crippen molar-refractivity contribution in [1.82, 2.24) is 0 Å². The van der Waals surface area contributed by atoms with Crippen molar-refractivity contribution in [3.05, 3.63) is 48.5 Å². The van der Waals surface area contributed by atoms with E-state index in [2.05, 4.69) is 13.8 Å². The minimum Gasteiger partial charge on any atom is -0.491 e. The lowest BCUT2D eigenvalue weighted by Gasteiger charge is -2.24. The molecule has 0 atom stereocenters. The first-order valence-electron chi connectivity index (χ1n) is 21.1. The molecule has 2 aromatic rings. The van der Waals surface area contributed by atoms with Crippen molar-refractivity contribution < 1.29 is 57.8 Å². The van der Waals surface area contributed by atoms with Crippen LogP contribution in [-0.2, 0) is 38.1 Å². The van der Waals surface area contributed by atoms with Crippen LogP contribution in [0.15, 0.2) is 48.5 Å². The van der Waals surface area contributed by atoms with Crippen LogP contribution < -0.4 is 19.3 Å². The molecule has 0 aliphatic carbocycles. The number of anilines is 2. The van der Waals surface area contributed by atoms with Crippen LogP contribution in [0.4, 0.5) is 11.4 Å². The Bertz CT molecular complexity index is 1320. The first-order chi connectivity index (χ1) is 28.2. The molecule has 0 heterocycles. The molecule has 2 aromatic carbocycles. The monoisotopic (exact) mass is 816 g/mol. The third-order valence-electron chi connectivity index (χ3n) is 9.02. The zero-order chi connectivity index (χ0) is 42.1. The van der Waals surface area contributed by atoms with Gasteiger partial charge in [-0.15, -0.1) is 0 Å². The molecule has 326 valence electrons. The molecule has 0 unspecified atom stereocenters. The molecule has 0 amide bonds. The molecule has 0 bridgehead atoms. The molecule has 14 nitrogen and oxygen atoms in total. The molecule has 0 fully saturated rings. The predicted octanol–water partition coefficient (Wildman–Crippen LogP) is 7.55. The van der Waals surface area contributed by atoms with Gasteiger partial charge in [-0.1, -0.05) is 102 Å². The highest BCUT2D eigenvalue weighted by atomic mass is 16.6. The fourth-order valence-corrected chi connectivity index (χ4v) is 6.03. The molecule has 58 heavy (non-hydrogen) atoms. The summed E-state index contributed by atoms with van der Waals surface area (Å²) in [6, 6.07) is 13.8. The van der Waals surface area contributed by atoms with Gasteiger partial charge in [0.1, 0.15) is 50.9 Å². The summed E-state index contributed by atoms with van der Waals surface area (Å²) in [4.78, 5) is 51.6. The smallest absolute Gasteiger partial charge is 0.325 e. The lowest BCUT2D eigenvalue weighted by atomic mass is 10.1. The third kappa shape index (κ3) is 23.6. The summed E-state index contributed by atoms with van der Waals surface area (Å²) in [5.74, 6) is -2.51. The standard InChI is InChI=1S/C44H68N2O12/c1-3-5-7-9-11-17-25-53-29-31-57-43(51)35-45(33-41(47)48)37-21-13-15-23-39(37)55-27-19-20-28-56-40-24-16-14-22-38(40)46(34-42(49)50)36-44(52)58-32-30-54-26-18-12-10-8-6-4-2/h13-16,21-24H,3-12,17-20,25-36H2,1-2H3,(H,47,48)(H,49,50). The van der Waals surface area contributed by atoms with E-state index in [4.69, 9.17) is 28.4 Å². The molecular formula is C44H68N2O12. The van der Waals surface area contributed by atoms with Gasteiger partial charge in [-0.25, -0.2) is 0 Å². The number of carboxylic acid groups (broad SMARTS) is 2. The number of benzene rings is 2. The summed E-state index contributed by atoms with van der Waals surface area (Å²) in [7, 11) is 0. The number of hydrogen-bond acceptors (Lipinski definition) is 12. The van der Waals surface area contributed by atoms with Crippen molar-refractivity contribution in [2.24, 2.45) is 0 Å². The molecule has 0 aromatic heterocycles. The number of rotatable bonds is 37. The topological polar surface area (TPSA) is 171 Å². The largest absolute Gasteiger partial charge is 0.491 e. The summed E-state index contributed by atoms with van der Waals surface area (Å²) in [5.41, 5.74) is 0.896. The van der Waals surface area contributed by atoms with Crippen molar-refractivity contribution in [3.63, 3.8) is 0 Å². The Morgan fingerprint density at radius 1 is 0.448 bits per heavy atom. The van der Waals surface area contributed by atoms with Crippen molar-refractivity contribution in [1.29, 1.82) is 0 Å². The number of carboxylic acids is 2. The number of carbonyl (C=O) groups excluding carboxylic acids is 2. The molecule has 0 aliphatic rings. The number of hydrogen-bond donors (Lipinski definition) is 2. The highest BCUT2D eigenvalue weighted by Crippen LogP contribution is 2.30. The number of unbranched alkanes of at least 4 members (excludes halogenated alkanes) is 11. The van der Waals surface area contributed by atoms with Gasteiger partial charge in [0.2, 0.25) is 0 Å². The zero-order valence-electron chi connectivity index (χ0n) is 34.9. The summed E-state index contributed by atoms with van der Waals surface area (Å²) in [5, 5.41) is 19.2. The molecule has 14 heteroatoms. The summed E-state index contributed by atoms with van der Waals surface area (Å²) in [6.45, 7) is 5.46. The van der Waals surface area contributed by atoms with E-state index in [1.165, 1.54) is 61.2 Å². The van der Waals surface area contributed by atoms with Crippen LogP contribution in [0.3, 0.4) is 0 Å². The van der Waals surface area contributed by atoms with E-state index in [9.17, 15) is 29.4 Å². The van der Waals surface area contributed by atoms with Crippen molar-refractivity contribution in [3.8, 4) is 11.5 Å². The van der Waals surface area contributed by atoms with E-state index >= 15 is 0 Å². The van der Waals surface area contributed by atoms with Gasteiger partial charge < -0.3 is 48.4 Å². The van der Waals surface area contributed by atoms with Crippen LogP contribution in [0.1, 0.15) is 104 Å². The van der Waals surface area contributed by atoms with E-state index in [0.29, 0.717) is 48.9 Å². The maximum Gasteiger partial charge on any atom is 0.325 e. The summed E-state index contributed by atoms with van der Waals surface area (Å²) in [6.07, 6.45) is 15.0. The first-order valence-corrected chi connectivity index (χ1v) is 21.1. The molecule has 0 spiro atoms. The summed E-state index contributed by atoms with van der Waals surface area (Å²) < 4.78 is 33.9. The Hall–Kier alpha value is -4.56. The second-order valence-corrected chi connectivity index (χ2v) is 14.0. The minimum atomic E-state index is -1.11. The van der Waals surface area contributed by atoms with Gasteiger partial charge in [0.15, 0.2) is 0 Å². The molecule has 2 N–H and O–H groups in total. The van der Waals surface area contributed by atoms with Crippen LogP contribution in [0.2, 0.25) is 0 Å². The molecule has 0 radical (unpaired) electrons. The van der Waals surface area contributed by atoms with Gasteiger partial charge in [0.25, 0.3) is 0 Å². The lowest BCUT2D eigenvalue weighted by molar-refractivity contribution is -0.144. The van der Waals surface area contributed by atoms with Crippen LogP contribution in [0.25, 0.3) is 0 Å². The normalized spacial score (nSPS) is 10.9. The van der Waals surface area contributed by atoms with E-state index in [-0.39, 0.29) is 52.7 Å². The molecule has 0 saturated carbocycles. The van der Waals surface area contributed by atoms with Crippen LogP contribution >= 0.6 is 0 Å². The number of aliphatic carboxylic acids is 2. The predicted molar refractivity (Wildman–Crippen MR) is 223 cm³/mol. The Labute approximate surface area is 345 Å². The average Bonchev–Trinajstić information content (AvgIpc) is 3.20. The third-order valence-corrected chi connectivity index (χ3v) is 9.02. The first kappa shape index (κ1) is 49.6. The molecular weight excluding hydrogens is 748 g/mol. The Morgan fingerprint density at radius 3 is 1.21 bits per heavy atom. The van der Waals surface area contributed by atoms with Crippen molar-refractivity contribution >= 4 is 35.3 Å². The van der Waals surface area contributed by atoms with Gasteiger partial charge in [-0.05, 0) is 49.9 Å². The van der Waals surface area contributed by atoms with Gasteiger partial charge in [-0.2, -0.15) is 0 Å². The summed E-state index contributed by atoms with van der Waals surface area (Å²) >= 11 is 0. The minimum absolute atomic E-state index is 0.0830. The van der Waals surface area contributed by atoms with Gasteiger partial charge >= 0.3 is 23.9 Å². The zero-order valence-corrected chi connectivity index (χ0v) is 34.9. The van der Waals surface area contributed by atoms with E-state index in [1.54, 1.807) is 48.5 Å². The average molecular weight is 817 g/mol. The maximum absolute atomic E-state index is 12.7. The lowest BCUT2D eigenvalue weighted by Crippen LogP contribution is -2.36. The van der Waals surface area contributed by atoms with E-state index in [0.717, 1.165) is 25.7 Å². The number of para-hydroxylation sites is 4. The second kappa shape index (κ2) is 32.4. The number of nitrogens with zero attached hydrogens (tertiary/aromatic N) is 2. The van der Waals surface area contributed by atoms with Gasteiger partial charge in [-0.3, -0.25) is 19.2 Å². The van der Waals surface area contributed by atoms with Gasteiger partial charge in [0.05, 0.1) is 37.8 Å². The Morgan fingerprint density at radius 2 is 0.810 bits per heavy atom. The number of esters is 2. The molecule has 2 rings (SSSR count). The second-order valence-electron chi connectivity index (χ2n) is 14.0. The van der Waals surface area contributed by atoms with Crippen LogP contribution in [0.5, 0.6) is 11.5 Å². The maximum atomic E-state index is 12.7. The van der Waals surface area contributed by atoms with Crippen molar-refractivity contribution in [2.45, 2.75) is 104 Å². The van der Waals surface area contributed by atoms with Crippen LogP contribution in [-0.4, -0.2) is 113 Å². The fourth-order valence-electron chi connectivity index (χ4n) is 6.03. The van der Waals surface area contributed by atoms with Gasteiger partial charge in [0, 0.05) is 13.2 Å². The number of ether oxygens (including phenoxy) is 6. The van der Waals surface area contributed by atoms with E-state index < -0.39 is 37.0 Å². The van der Waals surface area contributed by atoms with Crippen LogP contribution in [0, 0.1) is 0 Å². The highest BCUT2D eigenvalue weighted by Gasteiger charge is 2.21. The quantitative estimate of drug-likeness (QED) is 0.0506. The van der Waals surface area contributed by atoms with E-state index in [1.807, 2.05) is 0 Å².